The van der Waals surface area contributed by atoms with E-state index in [4.69, 9.17) is 10.00 Å². The number of nitrogens with zero attached hydrogens (tertiary/aromatic N) is 4. The minimum atomic E-state index is -0.212. The maximum absolute atomic E-state index is 12.5. The van der Waals surface area contributed by atoms with Gasteiger partial charge in [0.25, 0.3) is 0 Å². The number of ether oxygens (including phenoxy) is 1. The fraction of sp³-hybridized carbons (Fsp3) is 0.130. The van der Waals surface area contributed by atoms with Gasteiger partial charge in [0.05, 0.1) is 17.9 Å². The van der Waals surface area contributed by atoms with Crippen LogP contribution in [0.5, 0.6) is 5.75 Å². The summed E-state index contributed by atoms with van der Waals surface area (Å²) in [4.78, 5) is 12.5. The van der Waals surface area contributed by atoms with Crippen molar-refractivity contribution in [2.75, 3.05) is 17.7 Å². The summed E-state index contributed by atoms with van der Waals surface area (Å²) < 4.78 is 7.48. The van der Waals surface area contributed by atoms with Crippen LogP contribution in [0.15, 0.2) is 71.2 Å². The van der Waals surface area contributed by atoms with Crippen molar-refractivity contribution in [3.63, 3.8) is 0 Å². The van der Waals surface area contributed by atoms with Crippen molar-refractivity contribution in [2.45, 2.75) is 12.1 Å². The quantitative estimate of drug-likeness (QED) is 0.371. The van der Waals surface area contributed by atoms with Gasteiger partial charge >= 0.3 is 0 Å². The number of benzene rings is 2. The number of thiophene rings is 1. The molecular weight excluding hydrogens is 442 g/mol. The highest BCUT2D eigenvalue weighted by molar-refractivity contribution is 7.99. The van der Waals surface area contributed by atoms with Crippen LogP contribution in [0, 0.1) is 11.3 Å². The molecule has 160 valence electrons. The molecule has 0 atom stereocenters. The van der Waals surface area contributed by atoms with E-state index in [-0.39, 0.29) is 11.7 Å². The van der Waals surface area contributed by atoms with Gasteiger partial charge in [-0.05, 0) is 42.6 Å². The molecule has 0 aliphatic carbocycles. The number of anilines is 1. The Morgan fingerprint density at radius 2 is 1.94 bits per heavy atom. The van der Waals surface area contributed by atoms with E-state index in [9.17, 15) is 4.79 Å². The normalized spacial score (nSPS) is 10.5. The van der Waals surface area contributed by atoms with Crippen LogP contribution in [0.4, 0.5) is 5.00 Å². The zero-order valence-corrected chi connectivity index (χ0v) is 18.8. The zero-order valence-electron chi connectivity index (χ0n) is 17.2. The number of aromatic nitrogens is 3. The van der Waals surface area contributed by atoms with E-state index in [0.717, 1.165) is 17.0 Å². The number of amides is 1. The molecule has 4 aromatic rings. The number of nitriles is 1. The van der Waals surface area contributed by atoms with Crippen LogP contribution in [0.1, 0.15) is 12.5 Å². The Hall–Kier alpha value is -3.61. The third-order valence-electron chi connectivity index (χ3n) is 4.44. The van der Waals surface area contributed by atoms with Crippen molar-refractivity contribution in [1.29, 1.82) is 5.26 Å². The molecule has 0 spiro atoms. The summed E-state index contributed by atoms with van der Waals surface area (Å²) in [5, 5.41) is 23.6. The average molecular weight is 462 g/mol. The molecule has 0 radical (unpaired) electrons. The van der Waals surface area contributed by atoms with Gasteiger partial charge in [-0.25, -0.2) is 0 Å². The molecule has 0 saturated heterocycles. The van der Waals surface area contributed by atoms with Crippen molar-refractivity contribution in [2.24, 2.45) is 0 Å². The number of carbonyl (C=O) groups is 1. The summed E-state index contributed by atoms with van der Waals surface area (Å²) in [7, 11) is 0. The predicted molar refractivity (Wildman–Crippen MR) is 126 cm³/mol. The van der Waals surface area contributed by atoms with Crippen LogP contribution in [-0.2, 0) is 4.79 Å². The van der Waals surface area contributed by atoms with Gasteiger partial charge in [0.2, 0.25) is 5.91 Å². The Morgan fingerprint density at radius 1 is 1.16 bits per heavy atom. The van der Waals surface area contributed by atoms with Gasteiger partial charge in [-0.3, -0.25) is 9.36 Å². The molecule has 4 rings (SSSR count). The maximum atomic E-state index is 12.5. The molecule has 0 unspecified atom stereocenters. The number of thioether (sulfide) groups is 1. The molecular formula is C23H19N5O2S2. The Bertz CT molecular complexity index is 1240. The monoisotopic (exact) mass is 461 g/mol. The molecule has 0 aliphatic heterocycles. The molecule has 0 fully saturated rings. The van der Waals surface area contributed by atoms with Gasteiger partial charge in [-0.15, -0.1) is 21.5 Å². The topological polar surface area (TPSA) is 92.8 Å². The van der Waals surface area contributed by atoms with Gasteiger partial charge < -0.3 is 10.1 Å². The summed E-state index contributed by atoms with van der Waals surface area (Å²) in [6.45, 7) is 2.53. The molecule has 9 heteroatoms. The van der Waals surface area contributed by atoms with Crippen LogP contribution in [0.25, 0.3) is 17.1 Å². The summed E-state index contributed by atoms with van der Waals surface area (Å²) in [6, 6.07) is 21.2. The fourth-order valence-electron chi connectivity index (χ4n) is 3.02. The second-order valence-corrected chi connectivity index (χ2v) is 8.41. The van der Waals surface area contributed by atoms with E-state index in [1.807, 2.05) is 66.1 Å². The lowest BCUT2D eigenvalue weighted by atomic mass is 10.2. The SMILES string of the molecule is CCOc1ccc(-n2c(SCC(=O)Nc3sccc3C#N)nnc2-c2ccccc2)cc1. The first kappa shape index (κ1) is 21.6. The first-order valence-electron chi connectivity index (χ1n) is 9.84. The Labute approximate surface area is 193 Å². The molecule has 0 aliphatic rings. The number of hydrogen-bond donors (Lipinski definition) is 1. The van der Waals surface area contributed by atoms with Crippen molar-refractivity contribution in [1.82, 2.24) is 14.8 Å². The number of nitrogens with one attached hydrogen (secondary N) is 1. The highest BCUT2D eigenvalue weighted by atomic mass is 32.2. The molecule has 2 aromatic carbocycles. The van der Waals surface area contributed by atoms with Crippen LogP contribution in [0.2, 0.25) is 0 Å². The van der Waals surface area contributed by atoms with Crippen LogP contribution in [0.3, 0.4) is 0 Å². The molecule has 32 heavy (non-hydrogen) atoms. The summed E-state index contributed by atoms with van der Waals surface area (Å²) >= 11 is 2.61. The third-order valence-corrected chi connectivity index (χ3v) is 6.20. The van der Waals surface area contributed by atoms with Crippen molar-refractivity contribution >= 4 is 34.0 Å². The molecule has 0 saturated carbocycles. The van der Waals surface area contributed by atoms with Crippen LogP contribution < -0.4 is 10.1 Å². The highest BCUT2D eigenvalue weighted by Gasteiger charge is 2.18. The first-order chi connectivity index (χ1) is 15.7. The van der Waals surface area contributed by atoms with Gasteiger partial charge in [-0.2, -0.15) is 5.26 Å². The first-order valence-corrected chi connectivity index (χ1v) is 11.7. The molecule has 1 amide bonds. The smallest absolute Gasteiger partial charge is 0.235 e. The van der Waals surface area contributed by atoms with E-state index in [2.05, 4.69) is 21.6 Å². The van der Waals surface area contributed by atoms with Gasteiger partial charge in [-0.1, -0.05) is 42.1 Å². The van der Waals surface area contributed by atoms with E-state index in [1.54, 1.807) is 11.4 Å². The number of hydrogen-bond acceptors (Lipinski definition) is 7. The number of rotatable bonds is 8. The van der Waals surface area contributed by atoms with E-state index in [1.165, 1.54) is 23.1 Å². The second-order valence-electron chi connectivity index (χ2n) is 6.55. The van der Waals surface area contributed by atoms with E-state index in [0.29, 0.717) is 28.2 Å². The summed E-state index contributed by atoms with van der Waals surface area (Å²) in [5.74, 6) is 1.38. The van der Waals surface area contributed by atoms with E-state index >= 15 is 0 Å². The third kappa shape index (κ3) is 4.82. The van der Waals surface area contributed by atoms with E-state index < -0.39 is 0 Å². The molecule has 0 bridgehead atoms. The van der Waals surface area contributed by atoms with Crippen molar-refractivity contribution in [3.8, 4) is 28.9 Å². The Morgan fingerprint density at radius 3 is 2.66 bits per heavy atom. The standard InChI is InChI=1S/C23H19N5O2S2/c1-2-30-19-10-8-18(9-11-19)28-21(16-6-4-3-5-7-16)26-27-23(28)32-15-20(29)25-22-17(14-24)12-13-31-22/h3-13H,2,15H2,1H3,(H,25,29). The molecule has 1 N–H and O–H groups in total. The Balaban J connectivity index is 1.60. The van der Waals surface area contributed by atoms with Gasteiger partial charge in [0.15, 0.2) is 11.0 Å². The molecule has 7 nitrogen and oxygen atoms in total. The molecule has 2 aromatic heterocycles. The Kier molecular flexibility index (Phi) is 6.84. The van der Waals surface area contributed by atoms with Crippen LogP contribution in [-0.4, -0.2) is 33.0 Å². The van der Waals surface area contributed by atoms with Gasteiger partial charge in [0.1, 0.15) is 16.8 Å². The summed E-state index contributed by atoms with van der Waals surface area (Å²) in [6.07, 6.45) is 0. The number of carbonyl (C=O) groups excluding carboxylic acids is 1. The fourth-order valence-corrected chi connectivity index (χ4v) is 4.52. The maximum Gasteiger partial charge on any atom is 0.235 e. The lowest BCUT2D eigenvalue weighted by Gasteiger charge is -2.11. The average Bonchev–Trinajstić information content (AvgIpc) is 3.45. The summed E-state index contributed by atoms with van der Waals surface area (Å²) in [5.41, 5.74) is 2.24. The minimum absolute atomic E-state index is 0.132. The van der Waals surface area contributed by atoms with Gasteiger partial charge in [0, 0.05) is 11.3 Å². The zero-order chi connectivity index (χ0) is 22.3. The van der Waals surface area contributed by atoms with Crippen molar-refractivity contribution < 1.29 is 9.53 Å². The largest absolute Gasteiger partial charge is 0.494 e. The highest BCUT2D eigenvalue weighted by Crippen LogP contribution is 2.29. The predicted octanol–water partition coefficient (Wildman–Crippen LogP) is 5.00. The van der Waals surface area contributed by atoms with Crippen molar-refractivity contribution in [3.05, 3.63) is 71.6 Å². The molecule has 2 heterocycles. The lowest BCUT2D eigenvalue weighted by molar-refractivity contribution is -0.113. The van der Waals surface area contributed by atoms with Crippen LogP contribution >= 0.6 is 23.1 Å². The lowest BCUT2D eigenvalue weighted by Crippen LogP contribution is -2.14. The minimum Gasteiger partial charge on any atom is -0.494 e. The second kappa shape index (κ2) is 10.1.